The molecule has 1 N–H and O–H groups in total. The highest BCUT2D eigenvalue weighted by Crippen LogP contribution is 2.15. The van der Waals surface area contributed by atoms with E-state index in [9.17, 15) is 0 Å². The standard InChI is InChI=1S/C9H18OSi/c10-11-9-7-5-3-1-2-4-6-8-9/h7,10H,1-6,8,11H2. The number of hydrogen-bond acceptors (Lipinski definition) is 1. The zero-order chi connectivity index (χ0) is 7.94. The van der Waals surface area contributed by atoms with Gasteiger partial charge >= 0.3 is 0 Å². The molecule has 1 aliphatic carbocycles. The minimum absolute atomic E-state index is 0.824. The Balaban J connectivity index is 2.34. The Kier molecular flexibility index (Phi) is 4.55. The maximum absolute atomic E-state index is 9.07. The molecule has 0 saturated heterocycles. The van der Waals surface area contributed by atoms with Crippen LogP contribution in [0.5, 0.6) is 0 Å². The molecule has 0 fully saturated rings. The second kappa shape index (κ2) is 5.55. The fraction of sp³-hybridized carbons (Fsp3) is 0.778. The highest BCUT2D eigenvalue weighted by atomic mass is 28.2. The normalized spacial score (nSPS) is 22.5. The lowest BCUT2D eigenvalue weighted by Crippen LogP contribution is -1.94. The molecule has 1 aliphatic rings. The first-order valence-electron chi connectivity index (χ1n) is 4.72. The van der Waals surface area contributed by atoms with Crippen molar-refractivity contribution in [2.24, 2.45) is 0 Å². The summed E-state index contributed by atoms with van der Waals surface area (Å²) < 4.78 is 0. The SMILES string of the molecule is O[SiH2]C1=CCCCCCCC1. The van der Waals surface area contributed by atoms with Crippen molar-refractivity contribution in [3.8, 4) is 0 Å². The summed E-state index contributed by atoms with van der Waals surface area (Å²) in [5.74, 6) is 0. The smallest absolute Gasteiger partial charge is 0.183 e. The van der Waals surface area contributed by atoms with Crippen molar-refractivity contribution in [2.75, 3.05) is 0 Å². The first-order valence-corrected chi connectivity index (χ1v) is 6.06. The summed E-state index contributed by atoms with van der Waals surface area (Å²) in [6.45, 7) is 0. The number of allylic oxidation sites excluding steroid dienone is 2. The van der Waals surface area contributed by atoms with Gasteiger partial charge in [0.15, 0.2) is 9.76 Å². The van der Waals surface area contributed by atoms with Gasteiger partial charge in [-0.2, -0.15) is 0 Å². The summed E-state index contributed by atoms with van der Waals surface area (Å²) in [6, 6.07) is 0. The monoisotopic (exact) mass is 170 g/mol. The second-order valence-corrected chi connectivity index (χ2v) is 4.55. The quantitative estimate of drug-likeness (QED) is 0.594. The molecule has 64 valence electrons. The molecule has 0 bridgehead atoms. The van der Waals surface area contributed by atoms with Crippen LogP contribution in [0.2, 0.25) is 0 Å². The van der Waals surface area contributed by atoms with Crippen molar-refractivity contribution in [3.63, 3.8) is 0 Å². The van der Waals surface area contributed by atoms with Crippen LogP contribution in [0.3, 0.4) is 0 Å². The number of hydrogen-bond donors (Lipinski definition) is 1. The third kappa shape index (κ3) is 3.73. The molecule has 0 unspecified atom stereocenters. The summed E-state index contributed by atoms with van der Waals surface area (Å²) in [7, 11) is -0.824. The summed E-state index contributed by atoms with van der Waals surface area (Å²) in [5.41, 5.74) is 0. The van der Waals surface area contributed by atoms with Crippen molar-refractivity contribution in [1.29, 1.82) is 0 Å². The lowest BCUT2D eigenvalue weighted by molar-refractivity contribution is 0.601. The zero-order valence-corrected chi connectivity index (χ0v) is 8.60. The van der Waals surface area contributed by atoms with Crippen LogP contribution in [-0.2, 0) is 0 Å². The van der Waals surface area contributed by atoms with Crippen molar-refractivity contribution < 1.29 is 4.80 Å². The van der Waals surface area contributed by atoms with E-state index in [1.54, 1.807) is 0 Å². The van der Waals surface area contributed by atoms with E-state index >= 15 is 0 Å². The third-order valence-electron chi connectivity index (χ3n) is 2.34. The Labute approximate surface area is 71.5 Å². The van der Waals surface area contributed by atoms with Crippen molar-refractivity contribution in [3.05, 3.63) is 11.3 Å². The first kappa shape index (κ1) is 9.01. The molecule has 0 aliphatic heterocycles. The van der Waals surface area contributed by atoms with Crippen LogP contribution >= 0.6 is 0 Å². The van der Waals surface area contributed by atoms with E-state index < -0.39 is 9.76 Å². The van der Waals surface area contributed by atoms with Crippen molar-refractivity contribution >= 4 is 9.76 Å². The fourth-order valence-electron chi connectivity index (χ4n) is 1.58. The molecule has 0 heterocycles. The van der Waals surface area contributed by atoms with Gasteiger partial charge < -0.3 is 4.80 Å². The Hall–Kier alpha value is -0.0831. The lowest BCUT2D eigenvalue weighted by Gasteiger charge is -1.99. The molecule has 1 rings (SSSR count). The largest absolute Gasteiger partial charge is 0.434 e. The van der Waals surface area contributed by atoms with E-state index in [-0.39, 0.29) is 0 Å². The van der Waals surface area contributed by atoms with Crippen molar-refractivity contribution in [1.82, 2.24) is 0 Å². The van der Waals surface area contributed by atoms with E-state index in [1.165, 1.54) is 50.1 Å². The molecular weight excluding hydrogens is 152 g/mol. The van der Waals surface area contributed by atoms with Gasteiger partial charge in [-0.25, -0.2) is 0 Å². The average molecular weight is 170 g/mol. The van der Waals surface area contributed by atoms with Gasteiger partial charge in [0, 0.05) is 0 Å². The summed E-state index contributed by atoms with van der Waals surface area (Å²) in [6.07, 6.45) is 11.5. The molecule has 11 heavy (non-hydrogen) atoms. The minimum atomic E-state index is -0.824. The summed E-state index contributed by atoms with van der Waals surface area (Å²) in [4.78, 5) is 9.07. The average Bonchev–Trinajstić information content (AvgIpc) is 2.16. The highest BCUT2D eigenvalue weighted by molar-refractivity contribution is 6.36. The number of rotatable bonds is 1. The van der Waals surface area contributed by atoms with Gasteiger partial charge in [0.05, 0.1) is 0 Å². The van der Waals surface area contributed by atoms with Crippen LogP contribution < -0.4 is 0 Å². The van der Waals surface area contributed by atoms with Crippen LogP contribution in [0.25, 0.3) is 0 Å². The predicted molar refractivity (Wildman–Crippen MR) is 51.2 cm³/mol. The van der Waals surface area contributed by atoms with Gasteiger partial charge in [0.2, 0.25) is 0 Å². The Bertz CT molecular complexity index is 132. The van der Waals surface area contributed by atoms with Crippen LogP contribution in [0.15, 0.2) is 11.3 Å². The van der Waals surface area contributed by atoms with Gasteiger partial charge in [0.1, 0.15) is 0 Å². The Morgan fingerprint density at radius 1 is 1.09 bits per heavy atom. The Morgan fingerprint density at radius 2 is 1.82 bits per heavy atom. The van der Waals surface area contributed by atoms with Gasteiger partial charge in [-0.1, -0.05) is 30.5 Å². The third-order valence-corrected chi connectivity index (χ3v) is 3.39. The molecule has 0 atom stereocenters. The predicted octanol–water partition coefficient (Wildman–Crippen LogP) is 1.69. The first-order chi connectivity index (χ1) is 5.43. The Morgan fingerprint density at radius 3 is 2.64 bits per heavy atom. The molecular formula is C9H18OSi. The molecule has 0 aromatic carbocycles. The lowest BCUT2D eigenvalue weighted by atomic mass is 10.1. The molecule has 0 radical (unpaired) electrons. The van der Waals surface area contributed by atoms with E-state index in [0.717, 1.165) is 0 Å². The van der Waals surface area contributed by atoms with Crippen LogP contribution in [0.1, 0.15) is 44.9 Å². The maximum Gasteiger partial charge on any atom is 0.183 e. The van der Waals surface area contributed by atoms with E-state index in [1.807, 2.05) is 0 Å². The molecule has 1 nitrogen and oxygen atoms in total. The van der Waals surface area contributed by atoms with Crippen LogP contribution in [-0.4, -0.2) is 14.6 Å². The molecule has 0 saturated carbocycles. The van der Waals surface area contributed by atoms with Gasteiger partial charge in [-0.05, 0) is 25.7 Å². The van der Waals surface area contributed by atoms with Gasteiger partial charge in [-0.15, -0.1) is 0 Å². The second-order valence-electron chi connectivity index (χ2n) is 3.33. The van der Waals surface area contributed by atoms with E-state index in [0.29, 0.717) is 0 Å². The molecule has 0 aromatic heterocycles. The summed E-state index contributed by atoms with van der Waals surface area (Å²) in [5, 5.41) is 1.40. The van der Waals surface area contributed by atoms with Gasteiger partial charge in [-0.3, -0.25) is 0 Å². The van der Waals surface area contributed by atoms with Crippen LogP contribution in [0.4, 0.5) is 0 Å². The highest BCUT2D eigenvalue weighted by Gasteiger charge is 1.99. The van der Waals surface area contributed by atoms with E-state index in [4.69, 9.17) is 4.80 Å². The topological polar surface area (TPSA) is 20.2 Å². The molecule has 0 spiro atoms. The zero-order valence-electron chi connectivity index (χ0n) is 7.18. The minimum Gasteiger partial charge on any atom is -0.434 e. The maximum atomic E-state index is 9.07. The van der Waals surface area contributed by atoms with Crippen LogP contribution in [0, 0.1) is 0 Å². The molecule has 0 amide bonds. The fourth-order valence-corrected chi connectivity index (χ4v) is 2.32. The van der Waals surface area contributed by atoms with Crippen molar-refractivity contribution in [2.45, 2.75) is 44.9 Å². The van der Waals surface area contributed by atoms with Gasteiger partial charge in [0.25, 0.3) is 0 Å². The molecule has 0 aromatic rings. The van der Waals surface area contributed by atoms with E-state index in [2.05, 4.69) is 6.08 Å². The summed E-state index contributed by atoms with van der Waals surface area (Å²) >= 11 is 0. The molecule has 2 heteroatoms.